The number of aliphatic imine (C=N–C) groups is 1. The van der Waals surface area contributed by atoms with Crippen LogP contribution in [0.15, 0.2) is 64.3 Å². The highest BCUT2D eigenvalue weighted by Gasteiger charge is 2.14. The Hall–Kier alpha value is -3.59. The zero-order valence-corrected chi connectivity index (χ0v) is 22.3. The molecule has 3 aromatic rings. The molecule has 0 aliphatic heterocycles. The van der Waals surface area contributed by atoms with Crippen LogP contribution >= 0.6 is 0 Å². The van der Waals surface area contributed by atoms with Crippen LogP contribution in [0.25, 0.3) is 10.9 Å². The number of nitrogens with zero attached hydrogens (tertiary/aromatic N) is 2. The number of aryl methyl sites for hydroxylation is 1. The summed E-state index contributed by atoms with van der Waals surface area (Å²) in [6.45, 7) is 7.98. The average Bonchev–Trinajstić information content (AvgIpc) is 2.80. The minimum Gasteiger partial charge on any atom is -0.456 e. The monoisotopic (exact) mass is 512 g/mol. The largest absolute Gasteiger partial charge is 0.456 e. The molecule has 1 aromatic heterocycles. The van der Waals surface area contributed by atoms with Crippen LogP contribution in [0.1, 0.15) is 31.9 Å². The van der Waals surface area contributed by atoms with E-state index in [1.165, 1.54) is 24.6 Å². The molecule has 0 fully saturated rings. The lowest BCUT2D eigenvalue weighted by Crippen LogP contribution is -2.20. The maximum absolute atomic E-state index is 14.0. The zero-order valence-electron chi connectivity index (χ0n) is 21.5. The number of benzene rings is 2. The number of hydrogen-bond acceptors (Lipinski definition) is 6. The molecule has 0 aliphatic rings. The highest BCUT2D eigenvalue weighted by molar-refractivity contribution is 7.84. The van der Waals surface area contributed by atoms with E-state index in [9.17, 15) is 13.4 Å². The predicted molar refractivity (Wildman–Crippen MR) is 144 cm³/mol. The van der Waals surface area contributed by atoms with Gasteiger partial charge in [0.1, 0.15) is 29.4 Å². The number of amidine groups is 1. The first-order valence-corrected chi connectivity index (χ1v) is 12.8. The summed E-state index contributed by atoms with van der Waals surface area (Å²) in [4.78, 5) is 18.7. The average molecular weight is 513 g/mol. The van der Waals surface area contributed by atoms with Crippen molar-refractivity contribution in [1.29, 1.82) is 0 Å². The van der Waals surface area contributed by atoms with Crippen LogP contribution in [0.4, 0.5) is 4.39 Å². The number of fused-ring (bicyclic) bond motifs is 1. The van der Waals surface area contributed by atoms with E-state index < -0.39 is 16.6 Å². The van der Waals surface area contributed by atoms with Gasteiger partial charge in [0.2, 0.25) is 0 Å². The molecule has 0 amide bonds. The Bertz CT molecular complexity index is 1330. The first kappa shape index (κ1) is 28.6. The van der Waals surface area contributed by atoms with Gasteiger partial charge in [-0.2, -0.15) is 0 Å². The van der Waals surface area contributed by atoms with Gasteiger partial charge >= 0.3 is 0 Å². The standard InChI is InChI=1S/C19H16FNO3S.C8H17N3/c1-12-9-13(6-8-22)3-4-17(12)24-18-5-7-21-16-11-15(20)19(25(2)23)10-14(16)18;1-8(2,3)6(9)5-7(10)11-4/h3-5,7-11H,6H2,1-2H3;5H,9H2,1-4H3,(H2,10,11)/b;6-5-. The highest BCUT2D eigenvalue weighted by atomic mass is 32.2. The summed E-state index contributed by atoms with van der Waals surface area (Å²) < 4.78 is 31.7. The van der Waals surface area contributed by atoms with E-state index in [1.54, 1.807) is 25.3 Å². The van der Waals surface area contributed by atoms with Gasteiger partial charge in [0.25, 0.3) is 0 Å². The number of pyridine rings is 1. The number of aromatic nitrogens is 1. The lowest BCUT2D eigenvalue weighted by atomic mass is 9.92. The van der Waals surface area contributed by atoms with Crippen LogP contribution in [-0.4, -0.2) is 34.6 Å². The molecule has 2 aromatic carbocycles. The zero-order chi connectivity index (χ0) is 27.0. The molecule has 9 heteroatoms. The third-order valence-corrected chi connectivity index (χ3v) is 6.20. The summed E-state index contributed by atoms with van der Waals surface area (Å²) in [6.07, 6.45) is 5.86. The smallest absolute Gasteiger partial charge is 0.141 e. The van der Waals surface area contributed by atoms with Gasteiger partial charge in [0, 0.05) is 48.5 Å². The van der Waals surface area contributed by atoms with E-state index in [-0.39, 0.29) is 10.3 Å². The van der Waals surface area contributed by atoms with E-state index >= 15 is 0 Å². The lowest BCUT2D eigenvalue weighted by molar-refractivity contribution is -0.107. The van der Waals surface area contributed by atoms with E-state index in [0.29, 0.717) is 34.7 Å². The van der Waals surface area contributed by atoms with Gasteiger partial charge in [-0.05, 0) is 42.3 Å². The fraction of sp³-hybridized carbons (Fsp3) is 0.296. The number of carbonyl (C=O) groups is 1. The molecule has 0 bridgehead atoms. The number of ether oxygens (including phenoxy) is 1. The summed E-state index contributed by atoms with van der Waals surface area (Å²) in [5.41, 5.74) is 14.1. The second-order valence-electron chi connectivity index (χ2n) is 9.13. The fourth-order valence-electron chi connectivity index (χ4n) is 3.04. The van der Waals surface area contributed by atoms with Gasteiger partial charge in [0.05, 0.1) is 21.2 Å². The van der Waals surface area contributed by atoms with Crippen molar-refractivity contribution in [2.24, 2.45) is 21.9 Å². The fourth-order valence-corrected chi connectivity index (χ4v) is 3.66. The molecule has 3 rings (SSSR count). The van der Waals surface area contributed by atoms with E-state index in [2.05, 4.69) is 9.98 Å². The number of aldehydes is 1. The minimum absolute atomic E-state index is 0.0324. The Labute approximate surface area is 213 Å². The molecule has 1 unspecified atom stereocenters. The molecular weight excluding hydrogens is 479 g/mol. The molecule has 0 radical (unpaired) electrons. The molecule has 192 valence electrons. The Morgan fingerprint density at radius 1 is 1.17 bits per heavy atom. The van der Waals surface area contributed by atoms with Crippen molar-refractivity contribution in [3.8, 4) is 11.5 Å². The van der Waals surface area contributed by atoms with Crippen molar-refractivity contribution in [2.75, 3.05) is 13.3 Å². The molecular formula is C27H33FN4O3S. The summed E-state index contributed by atoms with van der Waals surface area (Å²) in [7, 11) is 0.188. The van der Waals surface area contributed by atoms with Crippen molar-refractivity contribution in [1.82, 2.24) is 4.98 Å². The van der Waals surface area contributed by atoms with Crippen molar-refractivity contribution in [3.63, 3.8) is 0 Å². The van der Waals surface area contributed by atoms with Gasteiger partial charge in [-0.25, -0.2) is 4.39 Å². The van der Waals surface area contributed by atoms with Crippen molar-refractivity contribution in [2.45, 2.75) is 39.0 Å². The maximum Gasteiger partial charge on any atom is 0.141 e. The molecule has 0 saturated heterocycles. The number of nitrogens with two attached hydrogens (primary N) is 2. The van der Waals surface area contributed by atoms with E-state index in [0.717, 1.165) is 23.1 Å². The first-order chi connectivity index (χ1) is 16.9. The number of hydrogen-bond donors (Lipinski definition) is 2. The Morgan fingerprint density at radius 3 is 2.42 bits per heavy atom. The van der Waals surface area contributed by atoms with E-state index in [1.807, 2.05) is 39.8 Å². The molecule has 36 heavy (non-hydrogen) atoms. The quantitative estimate of drug-likeness (QED) is 0.278. The van der Waals surface area contributed by atoms with Crippen molar-refractivity contribution in [3.05, 3.63) is 71.3 Å². The van der Waals surface area contributed by atoms with Gasteiger partial charge in [0.15, 0.2) is 0 Å². The third-order valence-electron chi connectivity index (χ3n) is 5.27. The van der Waals surface area contributed by atoms with Gasteiger partial charge in [-0.15, -0.1) is 0 Å². The molecule has 7 nitrogen and oxygen atoms in total. The SMILES string of the molecule is CN=C(N)/C=C(\N)C(C)(C)C.Cc1cc(CC=O)ccc1Oc1ccnc2cc(F)c(S(C)=O)cc12. The van der Waals surface area contributed by atoms with E-state index in [4.69, 9.17) is 16.2 Å². The second kappa shape index (κ2) is 12.4. The molecule has 0 saturated carbocycles. The maximum atomic E-state index is 14.0. The summed E-state index contributed by atoms with van der Waals surface area (Å²) in [5.74, 6) is 1.05. The highest BCUT2D eigenvalue weighted by Crippen LogP contribution is 2.33. The van der Waals surface area contributed by atoms with Crippen molar-refractivity contribution < 1.29 is 18.1 Å². The van der Waals surface area contributed by atoms with Gasteiger partial charge < -0.3 is 21.0 Å². The van der Waals surface area contributed by atoms with Crippen LogP contribution in [-0.2, 0) is 22.0 Å². The Kier molecular flexibility index (Phi) is 9.86. The van der Waals surface area contributed by atoms with Gasteiger partial charge in [-0.3, -0.25) is 14.2 Å². The van der Waals surface area contributed by atoms with Crippen LogP contribution < -0.4 is 16.2 Å². The number of halogens is 1. The number of allylic oxidation sites excluding steroid dienone is 1. The molecule has 1 atom stereocenters. The van der Waals surface area contributed by atoms with Crippen LogP contribution in [0.5, 0.6) is 11.5 Å². The summed E-state index contributed by atoms with van der Waals surface area (Å²) in [6, 6.07) is 9.97. The van der Waals surface area contributed by atoms with Gasteiger partial charge in [-0.1, -0.05) is 32.9 Å². The summed E-state index contributed by atoms with van der Waals surface area (Å²) in [5, 5.41) is 0.588. The van der Waals surface area contributed by atoms with Crippen LogP contribution in [0.2, 0.25) is 0 Å². The molecule has 0 spiro atoms. The first-order valence-electron chi connectivity index (χ1n) is 11.2. The van der Waals surface area contributed by atoms with Crippen LogP contribution in [0, 0.1) is 18.2 Å². The van der Waals surface area contributed by atoms with Crippen molar-refractivity contribution >= 4 is 33.8 Å². The minimum atomic E-state index is -1.45. The second-order valence-corrected chi connectivity index (χ2v) is 10.5. The number of rotatable bonds is 6. The molecule has 1 heterocycles. The Morgan fingerprint density at radius 2 is 1.86 bits per heavy atom. The molecule has 4 N–H and O–H groups in total. The Balaban J connectivity index is 0.000000352. The molecule has 0 aliphatic carbocycles. The number of carbonyl (C=O) groups excluding carboxylic acids is 1. The van der Waals surface area contributed by atoms with Crippen LogP contribution in [0.3, 0.4) is 0 Å². The summed E-state index contributed by atoms with van der Waals surface area (Å²) >= 11 is 0. The normalized spacial score (nSPS) is 13.1. The topological polar surface area (TPSA) is 121 Å². The third kappa shape index (κ3) is 7.71. The predicted octanol–water partition coefficient (Wildman–Crippen LogP) is 4.82. The lowest BCUT2D eigenvalue weighted by Gasteiger charge is -2.18.